The molecule has 54 heavy (non-hydrogen) atoms. The molecule has 0 aliphatic heterocycles. The highest BCUT2D eigenvalue weighted by molar-refractivity contribution is 6.09. The maximum absolute atomic E-state index is 5.16. The average Bonchev–Trinajstić information content (AvgIpc) is 3.26. The molecule has 0 amide bonds. The van der Waals surface area contributed by atoms with Crippen LogP contribution in [0.25, 0.3) is 99.6 Å². The normalized spacial score (nSPS) is 11.3. The van der Waals surface area contributed by atoms with Crippen LogP contribution in [-0.2, 0) is 0 Å². The van der Waals surface area contributed by atoms with Crippen LogP contribution >= 0.6 is 0 Å². The molecule has 0 aliphatic rings. The van der Waals surface area contributed by atoms with Gasteiger partial charge in [-0.1, -0.05) is 176 Å². The number of nitrogens with zero attached hydrogens (tertiary/aromatic N) is 2. The van der Waals surface area contributed by atoms with Crippen molar-refractivity contribution in [2.45, 2.75) is 0 Å². The topological polar surface area (TPSA) is 25.8 Å². The summed E-state index contributed by atoms with van der Waals surface area (Å²) < 4.78 is 0. The zero-order valence-corrected chi connectivity index (χ0v) is 29.5. The van der Waals surface area contributed by atoms with E-state index in [0.717, 1.165) is 44.5 Å². The number of benzene rings is 9. The van der Waals surface area contributed by atoms with E-state index in [9.17, 15) is 0 Å². The molecule has 10 rings (SSSR count). The lowest BCUT2D eigenvalue weighted by Gasteiger charge is -2.12. The lowest BCUT2D eigenvalue weighted by atomic mass is 9.94. The molecular formula is C52H34N2. The van der Waals surface area contributed by atoms with Crippen LogP contribution in [0.2, 0.25) is 0 Å². The zero-order valence-electron chi connectivity index (χ0n) is 29.5. The van der Waals surface area contributed by atoms with Gasteiger partial charge in [0.1, 0.15) is 0 Å². The van der Waals surface area contributed by atoms with Gasteiger partial charge in [0, 0.05) is 21.9 Å². The molecular weight excluding hydrogens is 653 g/mol. The number of fused-ring (bicyclic) bond motifs is 4. The van der Waals surface area contributed by atoms with Gasteiger partial charge in [0.15, 0.2) is 5.82 Å². The first kappa shape index (κ1) is 31.6. The van der Waals surface area contributed by atoms with Crippen LogP contribution in [0.1, 0.15) is 0 Å². The van der Waals surface area contributed by atoms with Crippen molar-refractivity contribution in [3.05, 3.63) is 206 Å². The second-order valence-corrected chi connectivity index (χ2v) is 13.8. The number of hydrogen-bond donors (Lipinski definition) is 0. The van der Waals surface area contributed by atoms with E-state index in [-0.39, 0.29) is 0 Å². The Labute approximate surface area is 314 Å². The summed E-state index contributed by atoms with van der Waals surface area (Å²) in [6.07, 6.45) is 0. The highest BCUT2D eigenvalue weighted by atomic mass is 14.9. The second-order valence-electron chi connectivity index (χ2n) is 13.8. The minimum absolute atomic E-state index is 0.730. The molecule has 0 spiro atoms. The van der Waals surface area contributed by atoms with Crippen LogP contribution in [0, 0.1) is 0 Å². The summed E-state index contributed by atoms with van der Waals surface area (Å²) in [7, 11) is 0. The first-order valence-corrected chi connectivity index (χ1v) is 18.4. The van der Waals surface area contributed by atoms with E-state index in [4.69, 9.17) is 9.97 Å². The minimum Gasteiger partial charge on any atom is -0.227 e. The van der Waals surface area contributed by atoms with Gasteiger partial charge in [0.05, 0.1) is 11.2 Å². The monoisotopic (exact) mass is 686 g/mol. The van der Waals surface area contributed by atoms with Gasteiger partial charge in [-0.2, -0.15) is 0 Å². The van der Waals surface area contributed by atoms with E-state index in [1.165, 1.54) is 55.1 Å². The molecule has 0 fully saturated rings. The molecule has 0 atom stereocenters. The van der Waals surface area contributed by atoms with Crippen LogP contribution in [0.3, 0.4) is 0 Å². The van der Waals surface area contributed by atoms with Crippen LogP contribution in [-0.4, -0.2) is 9.97 Å². The number of hydrogen-bond acceptors (Lipinski definition) is 2. The molecule has 2 heteroatoms. The maximum atomic E-state index is 5.16. The standard InChI is InChI=1S/C52H34N2/c1-2-13-39(14-3-1)52-53-50(49-30-29-37-12-6-7-22-48(37)51(49)54-52)38-26-23-36(24-27-38)41-16-8-17-42(31-41)43-18-9-19-44(33-43)45-20-10-21-46(34-45)47-28-25-35-11-4-5-15-40(35)32-47/h1-34H. The van der Waals surface area contributed by atoms with Crippen LogP contribution in [0.15, 0.2) is 206 Å². The van der Waals surface area contributed by atoms with Gasteiger partial charge < -0.3 is 0 Å². The van der Waals surface area contributed by atoms with Gasteiger partial charge in [0.2, 0.25) is 0 Å². The quantitative estimate of drug-likeness (QED) is 0.163. The van der Waals surface area contributed by atoms with E-state index >= 15 is 0 Å². The van der Waals surface area contributed by atoms with Crippen molar-refractivity contribution in [2.75, 3.05) is 0 Å². The first-order chi connectivity index (χ1) is 26.7. The first-order valence-electron chi connectivity index (χ1n) is 18.4. The molecule has 0 bridgehead atoms. The van der Waals surface area contributed by atoms with Gasteiger partial charge in [0.25, 0.3) is 0 Å². The average molecular weight is 687 g/mol. The molecule has 0 aliphatic carbocycles. The molecule has 10 aromatic rings. The van der Waals surface area contributed by atoms with Crippen molar-refractivity contribution >= 4 is 32.4 Å². The predicted molar refractivity (Wildman–Crippen MR) is 227 cm³/mol. The zero-order chi connectivity index (χ0) is 35.8. The molecule has 252 valence electrons. The summed E-state index contributed by atoms with van der Waals surface area (Å²) in [4.78, 5) is 10.3. The fourth-order valence-corrected chi connectivity index (χ4v) is 7.62. The van der Waals surface area contributed by atoms with E-state index in [2.05, 4.69) is 188 Å². The molecule has 0 saturated carbocycles. The predicted octanol–water partition coefficient (Wildman–Crippen LogP) is 13.9. The van der Waals surface area contributed by atoms with E-state index in [0.29, 0.717) is 0 Å². The third-order valence-electron chi connectivity index (χ3n) is 10.5. The van der Waals surface area contributed by atoms with Crippen LogP contribution < -0.4 is 0 Å². The lowest BCUT2D eigenvalue weighted by molar-refractivity contribution is 1.23. The summed E-state index contributed by atoms with van der Waals surface area (Å²) in [5.41, 5.74) is 13.5. The Morgan fingerprint density at radius 3 is 1.35 bits per heavy atom. The fraction of sp³-hybridized carbons (Fsp3) is 0. The summed E-state index contributed by atoms with van der Waals surface area (Å²) in [6.45, 7) is 0. The Kier molecular flexibility index (Phi) is 7.85. The summed E-state index contributed by atoms with van der Waals surface area (Å²) in [5, 5.41) is 5.86. The summed E-state index contributed by atoms with van der Waals surface area (Å²) in [6, 6.07) is 73.6. The number of rotatable bonds is 6. The largest absolute Gasteiger partial charge is 0.227 e. The fourth-order valence-electron chi connectivity index (χ4n) is 7.62. The summed E-state index contributed by atoms with van der Waals surface area (Å²) in [5.74, 6) is 0.730. The molecule has 9 aromatic carbocycles. The van der Waals surface area contributed by atoms with E-state index in [1.54, 1.807) is 0 Å². The van der Waals surface area contributed by atoms with Crippen molar-refractivity contribution in [1.29, 1.82) is 0 Å². The molecule has 1 aromatic heterocycles. The molecule has 1 heterocycles. The van der Waals surface area contributed by atoms with Gasteiger partial charge in [-0.05, 0) is 91.0 Å². The Balaban J connectivity index is 0.977. The molecule has 0 unspecified atom stereocenters. The van der Waals surface area contributed by atoms with E-state index in [1.807, 2.05) is 18.2 Å². The van der Waals surface area contributed by atoms with Crippen LogP contribution in [0.5, 0.6) is 0 Å². The SMILES string of the molecule is c1ccc(-c2nc(-c3ccc(-c4cccc(-c5cccc(-c6cccc(-c7ccc8ccccc8c7)c6)c5)c4)cc3)c3ccc4ccccc4c3n2)cc1. The van der Waals surface area contributed by atoms with Crippen molar-refractivity contribution in [1.82, 2.24) is 9.97 Å². The van der Waals surface area contributed by atoms with Gasteiger partial charge in [-0.15, -0.1) is 0 Å². The molecule has 2 nitrogen and oxygen atoms in total. The smallest absolute Gasteiger partial charge is 0.160 e. The van der Waals surface area contributed by atoms with Gasteiger partial charge >= 0.3 is 0 Å². The Hall–Kier alpha value is -7.16. The third-order valence-corrected chi connectivity index (χ3v) is 10.5. The Bertz CT molecular complexity index is 2980. The minimum atomic E-state index is 0.730. The highest BCUT2D eigenvalue weighted by Gasteiger charge is 2.14. The Morgan fingerprint density at radius 1 is 0.241 bits per heavy atom. The highest BCUT2D eigenvalue weighted by Crippen LogP contribution is 2.36. The maximum Gasteiger partial charge on any atom is 0.160 e. The number of aromatic nitrogens is 2. The lowest BCUT2D eigenvalue weighted by Crippen LogP contribution is -1.96. The second kappa shape index (κ2) is 13.4. The van der Waals surface area contributed by atoms with Crippen molar-refractivity contribution in [3.63, 3.8) is 0 Å². The van der Waals surface area contributed by atoms with E-state index < -0.39 is 0 Å². The molecule has 0 N–H and O–H groups in total. The van der Waals surface area contributed by atoms with Gasteiger partial charge in [-0.25, -0.2) is 9.97 Å². The van der Waals surface area contributed by atoms with Crippen LogP contribution in [0.4, 0.5) is 0 Å². The third kappa shape index (κ3) is 5.90. The summed E-state index contributed by atoms with van der Waals surface area (Å²) >= 11 is 0. The van der Waals surface area contributed by atoms with Crippen molar-refractivity contribution < 1.29 is 0 Å². The molecule has 0 saturated heterocycles. The van der Waals surface area contributed by atoms with Gasteiger partial charge in [-0.3, -0.25) is 0 Å². The Morgan fingerprint density at radius 2 is 0.704 bits per heavy atom. The van der Waals surface area contributed by atoms with Crippen molar-refractivity contribution in [2.24, 2.45) is 0 Å². The molecule has 0 radical (unpaired) electrons. The van der Waals surface area contributed by atoms with Crippen molar-refractivity contribution in [3.8, 4) is 67.2 Å².